The second-order valence-corrected chi connectivity index (χ2v) is 8.51. The minimum absolute atomic E-state index is 0.323. The Kier molecular flexibility index (Phi) is 36.1. The number of aliphatic carboxylic acids is 1. The molecular formula is C36H42N6O4. The van der Waals surface area contributed by atoms with Gasteiger partial charge < -0.3 is 25.0 Å². The normalized spacial score (nSPS) is 8.00. The maximum atomic E-state index is 10.7. The van der Waals surface area contributed by atoms with Gasteiger partial charge in [0.05, 0.1) is 12.6 Å². The van der Waals surface area contributed by atoms with E-state index in [0.29, 0.717) is 19.1 Å². The van der Waals surface area contributed by atoms with Crippen LogP contribution >= 0.6 is 0 Å². The van der Waals surface area contributed by atoms with Crippen molar-refractivity contribution in [3.05, 3.63) is 0 Å². The minimum atomic E-state index is -1.24. The number of rotatable bonds is 10. The first kappa shape index (κ1) is 44.6. The molecule has 0 saturated heterocycles. The summed E-state index contributed by atoms with van der Waals surface area (Å²) in [5, 5.41) is 11.1. The van der Waals surface area contributed by atoms with E-state index in [1.165, 1.54) is 6.92 Å². The van der Waals surface area contributed by atoms with Crippen LogP contribution in [0.25, 0.3) is 0 Å². The topological polar surface area (TPSA) is 119 Å². The number of nitrogens with zero attached hydrogens (tertiary/aromatic N) is 5. The number of carbonyl (C=O) groups is 2. The van der Waals surface area contributed by atoms with E-state index in [4.69, 9.17) is 9.84 Å². The smallest absolute Gasteiger partial charge is 0.382 e. The average Bonchev–Trinajstić information content (AvgIpc) is 2.99. The van der Waals surface area contributed by atoms with Gasteiger partial charge in [-0.15, -0.1) is 0 Å². The number of hydrogen-bond donors (Lipinski definition) is 2. The monoisotopic (exact) mass is 622 g/mol. The van der Waals surface area contributed by atoms with Crippen LogP contribution in [-0.4, -0.2) is 106 Å². The minimum Gasteiger partial charge on any atom is -0.472 e. The molecule has 0 aromatic carbocycles. The summed E-state index contributed by atoms with van der Waals surface area (Å²) >= 11 is 0. The molecule has 0 saturated carbocycles. The first-order valence-corrected chi connectivity index (χ1v) is 14.1. The third kappa shape index (κ3) is 47.9. The third-order valence-corrected chi connectivity index (χ3v) is 3.87. The zero-order valence-corrected chi connectivity index (χ0v) is 28.1. The van der Waals surface area contributed by atoms with Crippen molar-refractivity contribution in [3.63, 3.8) is 0 Å². The molecule has 10 nitrogen and oxygen atoms in total. The van der Waals surface area contributed by atoms with Gasteiger partial charge >= 0.3 is 11.9 Å². The van der Waals surface area contributed by atoms with Gasteiger partial charge in [0.25, 0.3) is 6.02 Å². The summed E-state index contributed by atoms with van der Waals surface area (Å²) in [5.41, 5.74) is 0. The predicted octanol–water partition coefficient (Wildman–Crippen LogP) is 1.72. The molecule has 0 radical (unpaired) electrons. The van der Waals surface area contributed by atoms with E-state index in [1.807, 2.05) is 33.9 Å². The number of carbonyl (C=O) groups excluding carboxylic acids is 1. The molecule has 0 aliphatic rings. The van der Waals surface area contributed by atoms with E-state index in [0.717, 1.165) is 39.0 Å². The summed E-state index contributed by atoms with van der Waals surface area (Å²) in [4.78, 5) is 37.0. The number of aliphatic imine (C=N–C) groups is 3. The number of ether oxygens (including phenoxy) is 1. The number of hydrogen-bond acceptors (Lipinski definition) is 8. The maximum Gasteiger partial charge on any atom is 0.382 e. The first-order chi connectivity index (χ1) is 22.1. The molecule has 10 heteroatoms. The Morgan fingerprint density at radius 2 is 1.17 bits per heavy atom. The molecule has 240 valence electrons. The summed E-state index contributed by atoms with van der Waals surface area (Å²) in [6, 6.07) is 2.96. The van der Waals surface area contributed by atoms with Crippen molar-refractivity contribution in [1.82, 2.24) is 15.1 Å². The van der Waals surface area contributed by atoms with Gasteiger partial charge in [-0.25, -0.2) is 19.8 Å². The molecule has 0 aromatic heterocycles. The van der Waals surface area contributed by atoms with Crippen LogP contribution < -0.4 is 5.32 Å². The highest BCUT2D eigenvalue weighted by Gasteiger charge is 2.01. The molecule has 0 fully saturated rings. The Morgan fingerprint density at radius 1 is 0.717 bits per heavy atom. The van der Waals surface area contributed by atoms with Crippen molar-refractivity contribution >= 4 is 24.0 Å². The van der Waals surface area contributed by atoms with Crippen molar-refractivity contribution in [2.45, 2.75) is 40.5 Å². The van der Waals surface area contributed by atoms with Crippen LogP contribution in [0.2, 0.25) is 0 Å². The van der Waals surface area contributed by atoms with Gasteiger partial charge in [0.15, 0.2) is 0 Å². The van der Waals surface area contributed by atoms with E-state index in [9.17, 15) is 9.59 Å². The third-order valence-electron chi connectivity index (χ3n) is 3.87. The molecule has 0 atom stereocenters. The molecule has 46 heavy (non-hydrogen) atoms. The lowest BCUT2D eigenvalue weighted by atomic mass is 10.4. The molecule has 0 aromatic rings. The number of carboxylic acid groups (broad SMARTS) is 1. The van der Waals surface area contributed by atoms with Gasteiger partial charge in [-0.1, -0.05) is 5.92 Å². The SMILES string of the molecule is CC#CC#CC#CC#CC#CC#CC#CC#CC(=O)O.CCN=C=NCCCN(C)C.CCNC(=NCCCN(C)C)OC(C)=O. The van der Waals surface area contributed by atoms with Crippen molar-refractivity contribution in [2.75, 3.05) is 67.5 Å². The maximum absolute atomic E-state index is 10.7. The average molecular weight is 623 g/mol. The van der Waals surface area contributed by atoms with Crippen molar-refractivity contribution in [1.29, 1.82) is 0 Å². The number of nitrogens with one attached hydrogen (secondary N) is 1. The lowest BCUT2D eigenvalue weighted by Gasteiger charge is -2.09. The highest BCUT2D eigenvalue weighted by Crippen LogP contribution is 1.88. The van der Waals surface area contributed by atoms with Crippen LogP contribution in [0, 0.1) is 94.7 Å². The number of esters is 1. The Hall–Kier alpha value is -5.81. The van der Waals surface area contributed by atoms with Crippen LogP contribution in [-0.2, 0) is 14.3 Å². The van der Waals surface area contributed by atoms with Crippen molar-refractivity contribution in [2.24, 2.45) is 15.0 Å². The molecule has 2 N–H and O–H groups in total. The number of carboxylic acids is 1. The Labute approximate surface area is 276 Å². The van der Waals surface area contributed by atoms with E-state index >= 15 is 0 Å². The quantitative estimate of drug-likeness (QED) is 0.125. The molecule has 0 heterocycles. The lowest BCUT2D eigenvalue weighted by molar-refractivity contribution is -0.133. The zero-order chi connectivity index (χ0) is 35.1. The fourth-order valence-electron chi connectivity index (χ4n) is 2.14. The lowest BCUT2D eigenvalue weighted by Crippen LogP contribution is -2.28. The molecule has 0 spiro atoms. The van der Waals surface area contributed by atoms with E-state index in [1.54, 1.807) is 6.92 Å². The standard InChI is InChI=1S/C18H4O2.C10H21N3O2.C8H17N3/c1-2-3-4-5-6-7-8-9-10-11-12-13-14-15-16-17-18(19)20;1-5-11-10(15-9(2)14)12-7-6-8-13(3)4;1-4-9-8-10-6-5-7-11(2)3/h1H3,(H,19,20);5-8H2,1-4H3,(H,11,12);4-7H2,1-3H3. The summed E-state index contributed by atoms with van der Waals surface area (Å²) in [5.74, 6) is 36.5. The predicted molar refractivity (Wildman–Crippen MR) is 185 cm³/mol. The second-order valence-electron chi connectivity index (χ2n) is 8.51. The van der Waals surface area contributed by atoms with Crippen LogP contribution in [0.15, 0.2) is 15.0 Å². The second kappa shape index (κ2) is 37.2. The largest absolute Gasteiger partial charge is 0.472 e. The van der Waals surface area contributed by atoms with Crippen LogP contribution in [0.5, 0.6) is 0 Å². The molecule has 0 amide bonds. The van der Waals surface area contributed by atoms with Gasteiger partial charge in [0.2, 0.25) is 0 Å². The number of amidine groups is 1. The Morgan fingerprint density at radius 3 is 1.57 bits per heavy atom. The van der Waals surface area contributed by atoms with Gasteiger partial charge in [-0.2, -0.15) is 0 Å². The fraction of sp³-hybridized carbons (Fsp3) is 0.444. The van der Waals surface area contributed by atoms with E-state index < -0.39 is 5.97 Å². The molecule has 0 unspecified atom stereocenters. The Bertz CT molecular complexity index is 1520. The molecule has 0 rings (SSSR count). The summed E-state index contributed by atoms with van der Waals surface area (Å²) in [7, 11) is 8.15. The van der Waals surface area contributed by atoms with Crippen LogP contribution in [0.4, 0.5) is 0 Å². The van der Waals surface area contributed by atoms with Gasteiger partial charge in [-0.3, -0.25) is 4.79 Å². The van der Waals surface area contributed by atoms with Gasteiger partial charge in [0, 0.05) is 32.5 Å². The summed E-state index contributed by atoms with van der Waals surface area (Å²) in [6.45, 7) is 12.0. The fourth-order valence-corrected chi connectivity index (χ4v) is 2.14. The van der Waals surface area contributed by atoms with Gasteiger partial charge in [0.1, 0.15) is 0 Å². The molecular weight excluding hydrogens is 580 g/mol. The Balaban J connectivity index is -0.000000631. The molecule has 0 bridgehead atoms. The summed E-state index contributed by atoms with van der Waals surface area (Å²) in [6.07, 6.45) is 2.03. The zero-order valence-electron chi connectivity index (χ0n) is 28.1. The van der Waals surface area contributed by atoms with E-state index in [-0.39, 0.29) is 5.97 Å². The van der Waals surface area contributed by atoms with Crippen molar-refractivity contribution < 1.29 is 19.4 Å². The van der Waals surface area contributed by atoms with Gasteiger partial charge in [-0.05, 0) is 158 Å². The van der Waals surface area contributed by atoms with Crippen molar-refractivity contribution in [3.8, 4) is 94.7 Å². The molecule has 0 aliphatic carbocycles. The molecule has 0 aliphatic heterocycles. The highest BCUT2D eigenvalue weighted by atomic mass is 16.6. The highest BCUT2D eigenvalue weighted by molar-refractivity contribution is 5.87. The van der Waals surface area contributed by atoms with Crippen LogP contribution in [0.3, 0.4) is 0 Å². The summed E-state index contributed by atoms with van der Waals surface area (Å²) < 4.78 is 4.88. The first-order valence-electron chi connectivity index (χ1n) is 14.1. The van der Waals surface area contributed by atoms with E-state index in [2.05, 4.69) is 139 Å². The van der Waals surface area contributed by atoms with Crippen LogP contribution in [0.1, 0.15) is 40.5 Å².